The van der Waals surface area contributed by atoms with E-state index >= 15 is 0 Å². The zero-order valence-corrected chi connectivity index (χ0v) is 11.9. The van der Waals surface area contributed by atoms with E-state index in [0.29, 0.717) is 6.61 Å². The maximum atomic E-state index is 8.95. The molecular weight excluding hydrogens is 242 g/mol. The van der Waals surface area contributed by atoms with Gasteiger partial charge >= 0.3 is 0 Å². The number of aromatic nitrogens is 1. The highest BCUT2D eigenvalue weighted by atomic mass is 16.5. The fraction of sp³-hybridized carbons (Fsp3) is 0.643. The second kappa shape index (κ2) is 9.72. The van der Waals surface area contributed by atoms with Gasteiger partial charge < -0.3 is 20.1 Å². The minimum absolute atomic E-state index is 0.213. The molecule has 1 aromatic heterocycles. The minimum atomic E-state index is 0.213. The Morgan fingerprint density at radius 3 is 3.00 bits per heavy atom. The Morgan fingerprint density at radius 1 is 1.47 bits per heavy atom. The predicted octanol–water partition coefficient (Wildman–Crippen LogP) is 1.03. The molecule has 0 bridgehead atoms. The molecule has 0 radical (unpaired) electrons. The van der Waals surface area contributed by atoms with Crippen LogP contribution in [0.15, 0.2) is 18.3 Å². The number of nitrogens with zero attached hydrogens (tertiary/aromatic N) is 2. The smallest absolute Gasteiger partial charge is 0.132 e. The van der Waals surface area contributed by atoms with Gasteiger partial charge in [-0.25, -0.2) is 4.98 Å². The first kappa shape index (κ1) is 15.9. The van der Waals surface area contributed by atoms with E-state index in [0.717, 1.165) is 38.4 Å². The third-order valence-electron chi connectivity index (χ3n) is 2.93. The molecule has 2 N–H and O–H groups in total. The van der Waals surface area contributed by atoms with Gasteiger partial charge in [0, 0.05) is 51.7 Å². The summed E-state index contributed by atoms with van der Waals surface area (Å²) in [4.78, 5) is 6.67. The lowest BCUT2D eigenvalue weighted by molar-refractivity contribution is 0.199. The van der Waals surface area contributed by atoms with E-state index in [1.807, 2.05) is 12.3 Å². The second-order valence-electron chi connectivity index (χ2n) is 4.31. The summed E-state index contributed by atoms with van der Waals surface area (Å²) < 4.78 is 5.02. The summed E-state index contributed by atoms with van der Waals surface area (Å²) in [6.45, 7) is 6.35. The summed E-state index contributed by atoms with van der Waals surface area (Å²) in [5.74, 6) is 1.00. The standard InChI is InChI=1S/C14H25N3O2/c1-3-17(9-5-10-18)14-13(6-4-7-16-14)12-15-8-11-19-2/h4,6-7,15,18H,3,5,8-12H2,1-2H3. The van der Waals surface area contributed by atoms with Gasteiger partial charge in [-0.05, 0) is 19.4 Å². The van der Waals surface area contributed by atoms with Gasteiger partial charge in [-0.3, -0.25) is 0 Å². The summed E-state index contributed by atoms with van der Waals surface area (Å²) in [6.07, 6.45) is 2.58. The number of methoxy groups -OCH3 is 1. The molecule has 0 saturated heterocycles. The van der Waals surface area contributed by atoms with Crippen molar-refractivity contribution in [3.63, 3.8) is 0 Å². The van der Waals surface area contributed by atoms with E-state index in [1.165, 1.54) is 5.56 Å². The van der Waals surface area contributed by atoms with Crippen LogP contribution in [0.5, 0.6) is 0 Å². The Bertz CT molecular complexity index is 347. The van der Waals surface area contributed by atoms with Crippen LogP contribution in [-0.4, -0.2) is 50.0 Å². The van der Waals surface area contributed by atoms with E-state index in [2.05, 4.69) is 28.2 Å². The fourth-order valence-corrected chi connectivity index (χ4v) is 1.93. The molecule has 0 aliphatic heterocycles. The summed E-state index contributed by atoms with van der Waals surface area (Å²) in [6, 6.07) is 4.04. The van der Waals surface area contributed by atoms with Crippen molar-refractivity contribution in [3.8, 4) is 0 Å². The largest absolute Gasteiger partial charge is 0.396 e. The quantitative estimate of drug-likeness (QED) is 0.620. The van der Waals surface area contributed by atoms with Gasteiger partial charge in [0.25, 0.3) is 0 Å². The molecule has 0 aromatic carbocycles. The van der Waals surface area contributed by atoms with Crippen LogP contribution in [0, 0.1) is 0 Å². The van der Waals surface area contributed by atoms with Crippen LogP contribution < -0.4 is 10.2 Å². The highest BCUT2D eigenvalue weighted by Crippen LogP contribution is 2.17. The van der Waals surface area contributed by atoms with Crippen LogP contribution in [0.4, 0.5) is 5.82 Å². The van der Waals surface area contributed by atoms with Crippen LogP contribution in [0.1, 0.15) is 18.9 Å². The van der Waals surface area contributed by atoms with Gasteiger partial charge in [0.1, 0.15) is 5.82 Å². The average Bonchev–Trinajstić information content (AvgIpc) is 2.45. The van der Waals surface area contributed by atoms with Crippen LogP contribution in [0.2, 0.25) is 0 Å². The van der Waals surface area contributed by atoms with Crippen LogP contribution in [0.25, 0.3) is 0 Å². The van der Waals surface area contributed by atoms with Gasteiger partial charge in [-0.2, -0.15) is 0 Å². The summed E-state index contributed by atoms with van der Waals surface area (Å²) in [5.41, 5.74) is 1.18. The van der Waals surface area contributed by atoms with Crippen molar-refractivity contribution >= 4 is 5.82 Å². The second-order valence-corrected chi connectivity index (χ2v) is 4.31. The zero-order chi connectivity index (χ0) is 13.9. The summed E-state index contributed by atoms with van der Waals surface area (Å²) >= 11 is 0. The van der Waals surface area contributed by atoms with Crippen LogP contribution >= 0.6 is 0 Å². The highest BCUT2D eigenvalue weighted by molar-refractivity contribution is 5.46. The Hall–Kier alpha value is -1.17. The number of aliphatic hydroxyl groups excluding tert-OH is 1. The molecule has 1 rings (SSSR count). The lowest BCUT2D eigenvalue weighted by atomic mass is 10.2. The van der Waals surface area contributed by atoms with Crippen molar-refractivity contribution in [1.82, 2.24) is 10.3 Å². The van der Waals surface area contributed by atoms with Gasteiger partial charge in [-0.1, -0.05) is 6.07 Å². The van der Waals surface area contributed by atoms with Crippen molar-refractivity contribution in [3.05, 3.63) is 23.9 Å². The molecule has 0 aliphatic carbocycles. The number of nitrogens with one attached hydrogen (secondary N) is 1. The lowest BCUT2D eigenvalue weighted by Gasteiger charge is -2.24. The Balaban J connectivity index is 2.64. The minimum Gasteiger partial charge on any atom is -0.396 e. The van der Waals surface area contributed by atoms with Crippen molar-refractivity contribution in [1.29, 1.82) is 0 Å². The lowest BCUT2D eigenvalue weighted by Crippen LogP contribution is -2.28. The van der Waals surface area contributed by atoms with Crippen LogP contribution in [-0.2, 0) is 11.3 Å². The third-order valence-corrected chi connectivity index (χ3v) is 2.93. The Labute approximate surface area is 115 Å². The number of hydrogen-bond donors (Lipinski definition) is 2. The molecule has 0 atom stereocenters. The first-order valence-corrected chi connectivity index (χ1v) is 6.82. The SMILES string of the molecule is CCN(CCCO)c1ncccc1CNCCOC. The van der Waals surface area contributed by atoms with Gasteiger partial charge in [0.2, 0.25) is 0 Å². The van der Waals surface area contributed by atoms with Gasteiger partial charge in [0.05, 0.1) is 6.61 Å². The van der Waals surface area contributed by atoms with Crippen molar-refractivity contribution in [2.45, 2.75) is 19.9 Å². The maximum absolute atomic E-state index is 8.95. The molecule has 0 saturated carbocycles. The van der Waals surface area contributed by atoms with E-state index in [4.69, 9.17) is 9.84 Å². The maximum Gasteiger partial charge on any atom is 0.132 e. The van der Waals surface area contributed by atoms with Crippen LogP contribution in [0.3, 0.4) is 0 Å². The molecule has 19 heavy (non-hydrogen) atoms. The van der Waals surface area contributed by atoms with Crippen molar-refractivity contribution in [2.24, 2.45) is 0 Å². The normalized spacial score (nSPS) is 10.7. The molecule has 0 unspecified atom stereocenters. The molecule has 1 heterocycles. The molecule has 0 fully saturated rings. The first-order valence-electron chi connectivity index (χ1n) is 6.82. The molecule has 0 amide bonds. The highest BCUT2D eigenvalue weighted by Gasteiger charge is 2.10. The Kier molecular flexibility index (Phi) is 8.13. The number of pyridine rings is 1. The molecule has 5 heteroatoms. The number of ether oxygens (including phenoxy) is 1. The topological polar surface area (TPSA) is 57.6 Å². The number of hydrogen-bond acceptors (Lipinski definition) is 5. The van der Waals surface area contributed by atoms with Crippen molar-refractivity contribution in [2.75, 3.05) is 44.9 Å². The first-order chi connectivity index (χ1) is 9.33. The van der Waals surface area contributed by atoms with E-state index in [-0.39, 0.29) is 6.61 Å². The average molecular weight is 267 g/mol. The molecule has 5 nitrogen and oxygen atoms in total. The zero-order valence-electron chi connectivity index (χ0n) is 11.9. The molecule has 108 valence electrons. The van der Waals surface area contributed by atoms with E-state index < -0.39 is 0 Å². The molecule has 0 aliphatic rings. The van der Waals surface area contributed by atoms with E-state index in [1.54, 1.807) is 7.11 Å². The number of aliphatic hydroxyl groups is 1. The number of anilines is 1. The number of rotatable bonds is 10. The van der Waals surface area contributed by atoms with Crippen molar-refractivity contribution < 1.29 is 9.84 Å². The Morgan fingerprint density at radius 2 is 2.32 bits per heavy atom. The van der Waals surface area contributed by atoms with E-state index in [9.17, 15) is 0 Å². The molecular formula is C14H25N3O2. The van der Waals surface area contributed by atoms with Gasteiger partial charge in [-0.15, -0.1) is 0 Å². The fourth-order valence-electron chi connectivity index (χ4n) is 1.93. The predicted molar refractivity (Wildman–Crippen MR) is 77.4 cm³/mol. The van der Waals surface area contributed by atoms with Gasteiger partial charge in [0.15, 0.2) is 0 Å². The summed E-state index contributed by atoms with van der Waals surface area (Å²) in [5, 5.41) is 12.3. The summed E-state index contributed by atoms with van der Waals surface area (Å²) in [7, 11) is 1.70. The monoisotopic (exact) mass is 267 g/mol. The third kappa shape index (κ3) is 5.55. The molecule has 0 spiro atoms. The molecule has 1 aromatic rings.